The number of anilines is 1. The SMILES string of the molecule is CC(C(N)=O)N(c1ccc(CN)cc1)S(C)(=O)=O. The number of primary amides is 1. The highest BCUT2D eigenvalue weighted by Crippen LogP contribution is 2.21. The molecule has 1 aromatic rings. The maximum atomic E-state index is 11.7. The zero-order valence-corrected chi connectivity index (χ0v) is 11.1. The number of hydrogen-bond donors (Lipinski definition) is 2. The highest BCUT2D eigenvalue weighted by atomic mass is 32.2. The molecule has 0 aliphatic rings. The highest BCUT2D eigenvalue weighted by molar-refractivity contribution is 7.92. The van der Waals surface area contributed by atoms with Crippen molar-refractivity contribution in [2.75, 3.05) is 10.6 Å². The van der Waals surface area contributed by atoms with Crippen LogP contribution < -0.4 is 15.8 Å². The molecule has 0 radical (unpaired) electrons. The maximum absolute atomic E-state index is 11.7. The van der Waals surface area contributed by atoms with Crippen LogP contribution in [0, 0.1) is 0 Å². The monoisotopic (exact) mass is 271 g/mol. The van der Waals surface area contributed by atoms with E-state index in [1.165, 1.54) is 6.92 Å². The van der Waals surface area contributed by atoms with Crippen molar-refractivity contribution in [3.05, 3.63) is 29.8 Å². The minimum Gasteiger partial charge on any atom is -0.368 e. The van der Waals surface area contributed by atoms with Gasteiger partial charge >= 0.3 is 0 Å². The van der Waals surface area contributed by atoms with Gasteiger partial charge in [0.05, 0.1) is 11.9 Å². The molecular formula is C11H17N3O3S. The van der Waals surface area contributed by atoms with Crippen LogP contribution in [0.3, 0.4) is 0 Å². The van der Waals surface area contributed by atoms with Gasteiger partial charge < -0.3 is 11.5 Å². The Balaban J connectivity index is 3.22. The average Bonchev–Trinajstić information content (AvgIpc) is 2.28. The van der Waals surface area contributed by atoms with E-state index in [1.807, 2.05) is 0 Å². The fourth-order valence-electron chi connectivity index (χ4n) is 1.60. The van der Waals surface area contributed by atoms with Crippen molar-refractivity contribution in [2.45, 2.75) is 19.5 Å². The summed E-state index contributed by atoms with van der Waals surface area (Å²) in [5.74, 6) is -0.705. The van der Waals surface area contributed by atoms with E-state index in [-0.39, 0.29) is 0 Å². The summed E-state index contributed by atoms with van der Waals surface area (Å²) in [6.07, 6.45) is 1.03. The first-order valence-corrected chi connectivity index (χ1v) is 7.20. The van der Waals surface area contributed by atoms with Crippen LogP contribution in [0.4, 0.5) is 5.69 Å². The Bertz CT molecular complexity index is 525. The molecule has 1 atom stereocenters. The summed E-state index contributed by atoms with van der Waals surface area (Å²) in [5.41, 5.74) is 11.9. The molecule has 100 valence electrons. The second-order valence-corrected chi connectivity index (χ2v) is 5.87. The minimum atomic E-state index is -3.58. The lowest BCUT2D eigenvalue weighted by atomic mass is 10.2. The van der Waals surface area contributed by atoms with Gasteiger partial charge in [-0.2, -0.15) is 0 Å². The molecule has 0 aliphatic heterocycles. The Kier molecular flexibility index (Phi) is 4.31. The molecule has 0 spiro atoms. The average molecular weight is 271 g/mol. The van der Waals surface area contributed by atoms with E-state index in [0.717, 1.165) is 16.1 Å². The summed E-state index contributed by atoms with van der Waals surface area (Å²) in [6, 6.07) is 5.68. The van der Waals surface area contributed by atoms with Crippen molar-refractivity contribution in [3.63, 3.8) is 0 Å². The molecule has 0 heterocycles. The molecule has 4 N–H and O–H groups in total. The van der Waals surface area contributed by atoms with Crippen LogP contribution in [0.2, 0.25) is 0 Å². The number of carbonyl (C=O) groups is 1. The van der Waals surface area contributed by atoms with Gasteiger partial charge in [-0.1, -0.05) is 12.1 Å². The summed E-state index contributed by atoms with van der Waals surface area (Å²) in [6.45, 7) is 1.81. The fourth-order valence-corrected chi connectivity index (χ4v) is 2.78. The molecule has 1 amide bonds. The van der Waals surface area contributed by atoms with Crippen molar-refractivity contribution in [3.8, 4) is 0 Å². The summed E-state index contributed by atoms with van der Waals surface area (Å²) < 4.78 is 24.4. The van der Waals surface area contributed by atoms with Gasteiger partial charge in [0.25, 0.3) is 0 Å². The second-order valence-electron chi connectivity index (χ2n) is 4.01. The first-order chi connectivity index (χ1) is 8.27. The quantitative estimate of drug-likeness (QED) is 0.772. The fraction of sp³-hybridized carbons (Fsp3) is 0.364. The summed E-state index contributed by atoms with van der Waals surface area (Å²) in [7, 11) is -3.58. The Morgan fingerprint density at radius 2 is 1.83 bits per heavy atom. The smallest absolute Gasteiger partial charge is 0.241 e. The maximum Gasteiger partial charge on any atom is 0.241 e. The predicted octanol–water partition coefficient (Wildman–Crippen LogP) is -0.215. The minimum absolute atomic E-state index is 0.366. The van der Waals surface area contributed by atoms with Crippen molar-refractivity contribution < 1.29 is 13.2 Å². The van der Waals surface area contributed by atoms with E-state index >= 15 is 0 Å². The number of nitrogens with two attached hydrogens (primary N) is 2. The van der Waals surface area contributed by atoms with Crippen LogP contribution in [-0.2, 0) is 21.4 Å². The van der Waals surface area contributed by atoms with Crippen LogP contribution in [0.5, 0.6) is 0 Å². The molecule has 18 heavy (non-hydrogen) atoms. The topological polar surface area (TPSA) is 106 Å². The van der Waals surface area contributed by atoms with Gasteiger partial charge in [-0.3, -0.25) is 9.10 Å². The first-order valence-electron chi connectivity index (χ1n) is 5.35. The number of rotatable bonds is 5. The standard InChI is InChI=1S/C11H17N3O3S/c1-8(11(13)15)14(18(2,16)17)10-5-3-9(7-12)4-6-10/h3-6,8H,7,12H2,1-2H3,(H2,13,15). The lowest BCUT2D eigenvalue weighted by Crippen LogP contribution is -2.45. The second kappa shape index (κ2) is 5.36. The zero-order valence-electron chi connectivity index (χ0n) is 10.3. The van der Waals surface area contributed by atoms with E-state index in [0.29, 0.717) is 12.2 Å². The van der Waals surface area contributed by atoms with E-state index in [4.69, 9.17) is 11.5 Å². The third-order valence-electron chi connectivity index (χ3n) is 2.55. The van der Waals surface area contributed by atoms with Crippen molar-refractivity contribution >= 4 is 21.6 Å². The molecule has 7 heteroatoms. The van der Waals surface area contributed by atoms with E-state index in [1.54, 1.807) is 24.3 Å². The van der Waals surface area contributed by atoms with Crippen LogP contribution in [0.1, 0.15) is 12.5 Å². The van der Waals surface area contributed by atoms with E-state index in [9.17, 15) is 13.2 Å². The Morgan fingerprint density at radius 1 is 1.33 bits per heavy atom. The Labute approximate surface area is 107 Å². The van der Waals surface area contributed by atoms with E-state index in [2.05, 4.69) is 0 Å². The molecule has 0 saturated carbocycles. The number of nitrogens with zero attached hydrogens (tertiary/aromatic N) is 1. The molecular weight excluding hydrogens is 254 g/mol. The molecule has 0 bridgehead atoms. The molecule has 1 unspecified atom stereocenters. The predicted molar refractivity (Wildman–Crippen MR) is 70.3 cm³/mol. The molecule has 1 aromatic carbocycles. The van der Waals surface area contributed by atoms with Gasteiger partial charge in [-0.15, -0.1) is 0 Å². The number of hydrogen-bond acceptors (Lipinski definition) is 4. The van der Waals surface area contributed by atoms with Gasteiger partial charge in [0, 0.05) is 6.54 Å². The Hall–Kier alpha value is -1.60. The lowest BCUT2D eigenvalue weighted by molar-refractivity contribution is -0.118. The van der Waals surface area contributed by atoms with Gasteiger partial charge in [0.2, 0.25) is 15.9 Å². The summed E-state index contributed by atoms with van der Waals surface area (Å²) in [5, 5.41) is 0. The van der Waals surface area contributed by atoms with Crippen LogP contribution in [-0.4, -0.2) is 26.6 Å². The van der Waals surface area contributed by atoms with Crippen molar-refractivity contribution in [1.29, 1.82) is 0 Å². The highest BCUT2D eigenvalue weighted by Gasteiger charge is 2.27. The van der Waals surface area contributed by atoms with Crippen LogP contribution in [0.15, 0.2) is 24.3 Å². The zero-order chi connectivity index (χ0) is 13.9. The van der Waals surface area contributed by atoms with Crippen LogP contribution in [0.25, 0.3) is 0 Å². The van der Waals surface area contributed by atoms with Crippen molar-refractivity contribution in [1.82, 2.24) is 0 Å². The molecule has 1 rings (SSSR count). The third-order valence-corrected chi connectivity index (χ3v) is 3.79. The van der Waals surface area contributed by atoms with Crippen LogP contribution >= 0.6 is 0 Å². The number of sulfonamides is 1. The molecule has 0 aliphatic carbocycles. The third kappa shape index (κ3) is 3.21. The molecule has 0 aromatic heterocycles. The van der Waals surface area contributed by atoms with Gasteiger partial charge in [-0.05, 0) is 24.6 Å². The first kappa shape index (κ1) is 14.5. The lowest BCUT2D eigenvalue weighted by Gasteiger charge is -2.26. The Morgan fingerprint density at radius 3 is 2.17 bits per heavy atom. The normalized spacial score (nSPS) is 13.1. The van der Waals surface area contributed by atoms with Gasteiger partial charge in [-0.25, -0.2) is 8.42 Å². The summed E-state index contributed by atoms with van der Waals surface area (Å²) >= 11 is 0. The van der Waals surface area contributed by atoms with E-state index < -0.39 is 22.0 Å². The number of amides is 1. The summed E-state index contributed by atoms with van der Waals surface area (Å²) in [4.78, 5) is 11.2. The van der Waals surface area contributed by atoms with Crippen molar-refractivity contribution in [2.24, 2.45) is 11.5 Å². The number of carbonyl (C=O) groups excluding carboxylic acids is 1. The van der Waals surface area contributed by atoms with Gasteiger partial charge in [0.15, 0.2) is 0 Å². The molecule has 0 fully saturated rings. The largest absolute Gasteiger partial charge is 0.368 e. The molecule has 6 nitrogen and oxygen atoms in total. The molecule has 0 saturated heterocycles. The number of benzene rings is 1. The van der Waals surface area contributed by atoms with Gasteiger partial charge in [0.1, 0.15) is 6.04 Å².